The lowest BCUT2D eigenvalue weighted by Gasteiger charge is -2.29. The quantitative estimate of drug-likeness (QED) is 0.860. The standard InChI is InChI=1S/C14H18ClNO4S/c1-20-14(17)12-4-2-3-5-13(12)16-21(18,19)11-8-6-10(15)7-9-11/h6-9,12-13,16H,2-5H2,1H3/t12-,13+/m1/s1. The van der Waals surface area contributed by atoms with Gasteiger partial charge in [0.05, 0.1) is 17.9 Å². The van der Waals surface area contributed by atoms with E-state index >= 15 is 0 Å². The van der Waals surface area contributed by atoms with Crippen molar-refractivity contribution in [2.24, 2.45) is 5.92 Å². The largest absolute Gasteiger partial charge is 0.469 e. The molecule has 0 unspecified atom stereocenters. The third kappa shape index (κ3) is 3.96. The van der Waals surface area contributed by atoms with Crippen LogP contribution in [0.3, 0.4) is 0 Å². The van der Waals surface area contributed by atoms with Crippen molar-refractivity contribution in [2.75, 3.05) is 7.11 Å². The molecule has 0 aliphatic heterocycles. The van der Waals surface area contributed by atoms with Crippen LogP contribution in [0.1, 0.15) is 25.7 Å². The minimum Gasteiger partial charge on any atom is -0.469 e. The van der Waals surface area contributed by atoms with E-state index < -0.39 is 22.0 Å². The molecular weight excluding hydrogens is 314 g/mol. The zero-order valence-corrected chi connectivity index (χ0v) is 13.3. The molecule has 0 heterocycles. The van der Waals surface area contributed by atoms with Gasteiger partial charge in [-0.1, -0.05) is 24.4 Å². The molecule has 1 aromatic carbocycles. The first kappa shape index (κ1) is 16.3. The number of carbonyl (C=O) groups is 1. The highest BCUT2D eigenvalue weighted by molar-refractivity contribution is 7.89. The molecule has 21 heavy (non-hydrogen) atoms. The maximum atomic E-state index is 12.4. The lowest BCUT2D eigenvalue weighted by atomic mass is 9.85. The number of sulfonamides is 1. The van der Waals surface area contributed by atoms with Crippen LogP contribution in [-0.2, 0) is 19.6 Å². The van der Waals surface area contributed by atoms with Crippen molar-refractivity contribution in [3.8, 4) is 0 Å². The summed E-state index contributed by atoms with van der Waals surface area (Å²) in [5.41, 5.74) is 0. The van der Waals surface area contributed by atoms with Gasteiger partial charge in [-0.15, -0.1) is 0 Å². The van der Waals surface area contributed by atoms with Gasteiger partial charge in [-0.25, -0.2) is 13.1 Å². The molecule has 0 spiro atoms. The van der Waals surface area contributed by atoms with E-state index in [4.69, 9.17) is 16.3 Å². The Balaban J connectivity index is 2.17. The molecule has 1 saturated carbocycles. The molecule has 1 aliphatic rings. The van der Waals surface area contributed by atoms with Gasteiger partial charge in [0.1, 0.15) is 0 Å². The molecule has 1 aromatic rings. The molecule has 0 bridgehead atoms. The van der Waals surface area contributed by atoms with E-state index in [9.17, 15) is 13.2 Å². The van der Waals surface area contributed by atoms with Gasteiger partial charge in [0.2, 0.25) is 10.0 Å². The summed E-state index contributed by atoms with van der Waals surface area (Å²) in [4.78, 5) is 11.9. The van der Waals surface area contributed by atoms with Crippen LogP contribution >= 0.6 is 11.6 Å². The number of nitrogens with one attached hydrogen (secondary N) is 1. The smallest absolute Gasteiger partial charge is 0.310 e. The SMILES string of the molecule is COC(=O)[C@@H]1CCCC[C@@H]1NS(=O)(=O)c1ccc(Cl)cc1. The van der Waals surface area contributed by atoms with E-state index in [0.29, 0.717) is 17.9 Å². The summed E-state index contributed by atoms with van der Waals surface area (Å²) in [5.74, 6) is -0.788. The Kier molecular flexibility index (Phi) is 5.24. The van der Waals surface area contributed by atoms with Crippen molar-refractivity contribution in [1.82, 2.24) is 4.72 Å². The van der Waals surface area contributed by atoms with Gasteiger partial charge >= 0.3 is 5.97 Å². The monoisotopic (exact) mass is 331 g/mol. The molecule has 0 radical (unpaired) electrons. The second-order valence-electron chi connectivity index (χ2n) is 5.10. The minimum atomic E-state index is -3.67. The van der Waals surface area contributed by atoms with E-state index in [1.54, 1.807) is 0 Å². The Morgan fingerprint density at radius 1 is 1.24 bits per heavy atom. The van der Waals surface area contributed by atoms with Crippen molar-refractivity contribution in [1.29, 1.82) is 0 Å². The molecule has 5 nitrogen and oxygen atoms in total. The number of methoxy groups -OCH3 is 1. The van der Waals surface area contributed by atoms with Crippen molar-refractivity contribution >= 4 is 27.6 Å². The Morgan fingerprint density at radius 2 is 1.86 bits per heavy atom. The Morgan fingerprint density at radius 3 is 2.48 bits per heavy atom. The van der Waals surface area contributed by atoms with Gasteiger partial charge in [0, 0.05) is 11.1 Å². The van der Waals surface area contributed by atoms with E-state index in [1.807, 2.05) is 0 Å². The van der Waals surface area contributed by atoms with Gasteiger partial charge in [-0.2, -0.15) is 0 Å². The third-order valence-corrected chi connectivity index (χ3v) is 5.46. The molecule has 7 heteroatoms. The van der Waals surface area contributed by atoms with Crippen molar-refractivity contribution in [3.63, 3.8) is 0 Å². The summed E-state index contributed by atoms with van der Waals surface area (Å²) in [7, 11) is -2.35. The van der Waals surface area contributed by atoms with Crippen LogP contribution in [0.5, 0.6) is 0 Å². The van der Waals surface area contributed by atoms with E-state index in [1.165, 1.54) is 31.4 Å². The second-order valence-corrected chi connectivity index (χ2v) is 7.25. The highest BCUT2D eigenvalue weighted by atomic mass is 35.5. The molecule has 1 fully saturated rings. The zero-order valence-electron chi connectivity index (χ0n) is 11.7. The van der Waals surface area contributed by atoms with Gasteiger partial charge in [0.25, 0.3) is 0 Å². The normalized spacial score (nSPS) is 22.8. The predicted octanol–water partition coefficient (Wildman–Crippen LogP) is 2.35. The fourth-order valence-electron chi connectivity index (χ4n) is 2.59. The molecule has 0 saturated heterocycles. The molecule has 0 aromatic heterocycles. The number of rotatable bonds is 4. The number of hydrogen-bond acceptors (Lipinski definition) is 4. The van der Waals surface area contributed by atoms with Crippen LogP contribution in [0.15, 0.2) is 29.2 Å². The highest BCUT2D eigenvalue weighted by Gasteiger charge is 2.34. The van der Waals surface area contributed by atoms with Crippen molar-refractivity contribution in [2.45, 2.75) is 36.6 Å². The van der Waals surface area contributed by atoms with Crippen LogP contribution in [0, 0.1) is 5.92 Å². The number of benzene rings is 1. The molecular formula is C14H18ClNO4S. The maximum Gasteiger partial charge on any atom is 0.310 e. The average molecular weight is 332 g/mol. The van der Waals surface area contributed by atoms with E-state index in [2.05, 4.69) is 4.72 Å². The topological polar surface area (TPSA) is 72.5 Å². The van der Waals surface area contributed by atoms with Gasteiger partial charge in [0.15, 0.2) is 0 Å². The Bertz CT molecular complexity index is 600. The van der Waals surface area contributed by atoms with Crippen LogP contribution in [0.4, 0.5) is 0 Å². The predicted molar refractivity (Wildman–Crippen MR) is 79.5 cm³/mol. The van der Waals surface area contributed by atoms with Crippen molar-refractivity contribution in [3.05, 3.63) is 29.3 Å². The summed E-state index contributed by atoms with van der Waals surface area (Å²) in [6.07, 6.45) is 3.06. The number of halogens is 1. The maximum absolute atomic E-state index is 12.4. The molecule has 1 aliphatic carbocycles. The lowest BCUT2D eigenvalue weighted by Crippen LogP contribution is -2.45. The van der Waals surface area contributed by atoms with Crippen LogP contribution in [0.2, 0.25) is 5.02 Å². The summed E-state index contributed by atoms with van der Waals surface area (Å²) in [6.45, 7) is 0. The van der Waals surface area contributed by atoms with E-state index in [-0.39, 0.29) is 10.9 Å². The summed E-state index contributed by atoms with van der Waals surface area (Å²) in [6, 6.07) is 5.51. The molecule has 1 N–H and O–H groups in total. The second kappa shape index (κ2) is 6.77. The minimum absolute atomic E-state index is 0.140. The number of esters is 1. The van der Waals surface area contributed by atoms with Crippen LogP contribution in [-0.4, -0.2) is 27.5 Å². The first-order valence-electron chi connectivity index (χ1n) is 6.80. The molecule has 0 amide bonds. The van der Waals surface area contributed by atoms with Crippen LogP contribution < -0.4 is 4.72 Å². The first-order valence-corrected chi connectivity index (χ1v) is 8.66. The molecule has 2 atom stereocenters. The van der Waals surface area contributed by atoms with Crippen molar-refractivity contribution < 1.29 is 17.9 Å². The van der Waals surface area contributed by atoms with Crippen LogP contribution in [0.25, 0.3) is 0 Å². The third-order valence-electron chi connectivity index (χ3n) is 3.70. The molecule has 116 valence electrons. The molecule has 2 rings (SSSR count). The Labute approximate surface area is 129 Å². The Hall–Kier alpha value is -1.11. The number of hydrogen-bond donors (Lipinski definition) is 1. The van der Waals surface area contributed by atoms with Gasteiger partial charge < -0.3 is 4.74 Å². The van der Waals surface area contributed by atoms with Gasteiger partial charge in [-0.05, 0) is 37.1 Å². The number of carbonyl (C=O) groups excluding carboxylic acids is 1. The average Bonchev–Trinajstić information content (AvgIpc) is 2.47. The fraction of sp³-hybridized carbons (Fsp3) is 0.500. The summed E-state index contributed by atoms with van der Waals surface area (Å²) < 4.78 is 32.1. The lowest BCUT2D eigenvalue weighted by molar-refractivity contribution is -0.147. The summed E-state index contributed by atoms with van der Waals surface area (Å²) >= 11 is 5.76. The van der Waals surface area contributed by atoms with Gasteiger partial charge in [-0.3, -0.25) is 4.79 Å². The highest BCUT2D eigenvalue weighted by Crippen LogP contribution is 2.27. The van der Waals surface area contributed by atoms with E-state index in [0.717, 1.165) is 12.8 Å². The zero-order chi connectivity index (χ0) is 15.5. The summed E-state index contributed by atoms with van der Waals surface area (Å²) in [5, 5.41) is 0.471. The number of ether oxygens (including phenoxy) is 1. The first-order chi connectivity index (χ1) is 9.94. The fourth-order valence-corrected chi connectivity index (χ4v) is 4.02.